The van der Waals surface area contributed by atoms with Gasteiger partial charge in [-0.2, -0.15) is 0 Å². The first-order chi connectivity index (χ1) is 12.2. The van der Waals surface area contributed by atoms with Crippen LogP contribution in [0, 0.1) is 5.92 Å². The molecule has 1 saturated carbocycles. The fourth-order valence-electron chi connectivity index (χ4n) is 3.74. The Balaban J connectivity index is 2.05. The van der Waals surface area contributed by atoms with Gasteiger partial charge in [0.15, 0.2) is 0 Å². The van der Waals surface area contributed by atoms with Crippen molar-refractivity contribution >= 4 is 24.7 Å². The lowest BCUT2D eigenvalue weighted by molar-refractivity contribution is -0.139. The van der Waals surface area contributed by atoms with E-state index in [0.717, 1.165) is 10.4 Å². The zero-order valence-corrected chi connectivity index (χ0v) is 16.4. The molecule has 0 radical (unpaired) electrons. The zero-order chi connectivity index (χ0) is 19.0. The number of hydrogen-bond donors (Lipinski definition) is 1. The number of rotatable bonds is 6. The Morgan fingerprint density at radius 3 is 1.92 bits per heavy atom. The van der Waals surface area contributed by atoms with Gasteiger partial charge in [-0.15, -0.1) is 0 Å². The van der Waals surface area contributed by atoms with Crippen molar-refractivity contribution in [1.29, 1.82) is 0 Å². The van der Waals surface area contributed by atoms with Crippen molar-refractivity contribution in [3.05, 3.63) is 60.7 Å². The average Bonchev–Trinajstić information content (AvgIpc) is 3.29. The van der Waals surface area contributed by atoms with E-state index in [-0.39, 0.29) is 18.1 Å². The first kappa shape index (κ1) is 18.8. The van der Waals surface area contributed by atoms with E-state index in [1.54, 1.807) is 0 Å². The smallest absolute Gasteiger partial charge is 0.309 e. The van der Waals surface area contributed by atoms with Crippen LogP contribution in [0.1, 0.15) is 27.2 Å². The number of aliphatic carboxylic acids is 1. The third-order valence-electron chi connectivity index (χ3n) is 5.25. The highest BCUT2D eigenvalue weighted by Gasteiger charge is 2.62. The molecular weight excluding hydrogens is 347 g/mol. The van der Waals surface area contributed by atoms with Crippen molar-refractivity contribution in [3.63, 3.8) is 0 Å². The van der Waals surface area contributed by atoms with Gasteiger partial charge in [-0.25, -0.2) is 4.39 Å². The highest BCUT2D eigenvalue weighted by molar-refractivity contribution is 6.99. The second kappa shape index (κ2) is 6.63. The van der Waals surface area contributed by atoms with E-state index in [1.807, 2.05) is 60.7 Å². The molecule has 0 aliphatic heterocycles. The van der Waals surface area contributed by atoms with Gasteiger partial charge in [-0.1, -0.05) is 81.4 Å². The van der Waals surface area contributed by atoms with Gasteiger partial charge in [0, 0.05) is 6.42 Å². The Hall–Kier alpha value is -1.98. The van der Waals surface area contributed by atoms with Crippen LogP contribution in [0.25, 0.3) is 0 Å². The van der Waals surface area contributed by atoms with Crippen LogP contribution >= 0.6 is 0 Å². The molecule has 138 valence electrons. The summed E-state index contributed by atoms with van der Waals surface area (Å²) in [7, 11) is -2.82. The van der Waals surface area contributed by atoms with Crippen LogP contribution in [0.5, 0.6) is 0 Å². The van der Waals surface area contributed by atoms with E-state index in [4.69, 9.17) is 9.53 Å². The number of hydrogen-bond acceptors (Lipinski definition) is 2. The molecule has 1 fully saturated rings. The summed E-state index contributed by atoms with van der Waals surface area (Å²) in [6.45, 7) is 6.17. The molecule has 2 aromatic carbocycles. The van der Waals surface area contributed by atoms with Crippen molar-refractivity contribution in [2.75, 3.05) is 6.61 Å². The summed E-state index contributed by atoms with van der Waals surface area (Å²) in [5.74, 6) is -2.04. The summed E-state index contributed by atoms with van der Waals surface area (Å²) in [6, 6.07) is 19.9. The molecule has 3 nitrogen and oxygen atoms in total. The minimum absolute atomic E-state index is 0.0283. The molecule has 26 heavy (non-hydrogen) atoms. The maximum atomic E-state index is 14.9. The van der Waals surface area contributed by atoms with Gasteiger partial charge in [0.05, 0.1) is 12.5 Å². The Kier molecular flexibility index (Phi) is 4.79. The number of carboxylic acid groups (broad SMARTS) is 1. The highest BCUT2D eigenvalue weighted by atomic mass is 28.4. The van der Waals surface area contributed by atoms with E-state index in [2.05, 4.69) is 20.8 Å². The molecule has 0 aromatic heterocycles. The maximum absolute atomic E-state index is 14.9. The van der Waals surface area contributed by atoms with Gasteiger partial charge in [-0.3, -0.25) is 4.79 Å². The lowest BCUT2D eigenvalue weighted by atomic mass is 10.2. The van der Waals surface area contributed by atoms with Gasteiger partial charge < -0.3 is 9.53 Å². The van der Waals surface area contributed by atoms with E-state index in [1.165, 1.54) is 0 Å². The largest absolute Gasteiger partial charge is 0.481 e. The normalized spacial score (nSPS) is 22.8. The summed E-state index contributed by atoms with van der Waals surface area (Å²) in [5.41, 5.74) is -1.76. The summed E-state index contributed by atoms with van der Waals surface area (Å²) < 4.78 is 21.4. The Morgan fingerprint density at radius 1 is 1.12 bits per heavy atom. The molecule has 0 bridgehead atoms. The first-order valence-corrected chi connectivity index (χ1v) is 10.8. The number of halogens is 1. The second-order valence-corrected chi connectivity index (χ2v) is 12.4. The van der Waals surface area contributed by atoms with E-state index in [0.29, 0.717) is 0 Å². The standard InChI is InChI=1S/C21H25FO3Si/c1-20(2,3)26(16-10-6-4-7-11-16,17-12-8-5-9-13-17)25-15-21(22)14-18(21)19(23)24/h4-13,18H,14-15H2,1-3H3,(H,23,24). The van der Waals surface area contributed by atoms with Crippen LogP contribution in [0.3, 0.4) is 0 Å². The third-order valence-corrected chi connectivity index (χ3v) is 10.2. The number of carbonyl (C=O) groups is 1. The molecule has 3 rings (SSSR count). The van der Waals surface area contributed by atoms with Crippen molar-refractivity contribution in [2.45, 2.75) is 37.9 Å². The lowest BCUT2D eigenvalue weighted by Crippen LogP contribution is -2.67. The van der Waals surface area contributed by atoms with Crippen LogP contribution in [-0.4, -0.2) is 31.7 Å². The van der Waals surface area contributed by atoms with E-state index >= 15 is 0 Å². The van der Waals surface area contributed by atoms with Gasteiger partial charge in [0.25, 0.3) is 8.32 Å². The summed E-state index contributed by atoms with van der Waals surface area (Å²) in [4.78, 5) is 11.2. The fraction of sp³-hybridized carbons (Fsp3) is 0.381. The average molecular weight is 373 g/mol. The summed E-state index contributed by atoms with van der Waals surface area (Å²) >= 11 is 0. The SMILES string of the molecule is CC(C)(C)[Si](OCC1(F)CC1C(=O)O)(c1ccccc1)c1ccccc1. The lowest BCUT2D eigenvalue weighted by Gasteiger charge is -2.43. The predicted octanol–water partition coefficient (Wildman–Crippen LogP) is 3.38. The van der Waals surface area contributed by atoms with Crippen LogP contribution in [0.2, 0.25) is 5.04 Å². The monoisotopic (exact) mass is 372 g/mol. The second-order valence-electron chi connectivity index (χ2n) is 8.08. The Morgan fingerprint density at radius 2 is 1.58 bits per heavy atom. The zero-order valence-electron chi connectivity index (χ0n) is 15.4. The summed E-state index contributed by atoms with van der Waals surface area (Å²) in [5, 5.41) is 11.0. The van der Waals surface area contributed by atoms with Crippen molar-refractivity contribution in [2.24, 2.45) is 5.92 Å². The molecular formula is C21H25FO3Si. The molecule has 2 unspecified atom stereocenters. The van der Waals surface area contributed by atoms with Crippen LogP contribution < -0.4 is 10.4 Å². The molecule has 2 aromatic rings. The van der Waals surface area contributed by atoms with Crippen molar-refractivity contribution < 1.29 is 18.7 Å². The molecule has 1 aliphatic rings. The van der Waals surface area contributed by atoms with Crippen molar-refractivity contribution in [1.82, 2.24) is 0 Å². The van der Waals surface area contributed by atoms with E-state index < -0.39 is 25.9 Å². The van der Waals surface area contributed by atoms with Gasteiger partial charge in [0.2, 0.25) is 0 Å². The first-order valence-electron chi connectivity index (χ1n) is 8.87. The number of benzene rings is 2. The number of alkyl halides is 1. The van der Waals surface area contributed by atoms with Gasteiger partial charge in [-0.05, 0) is 15.4 Å². The third kappa shape index (κ3) is 3.21. The highest BCUT2D eigenvalue weighted by Crippen LogP contribution is 2.49. The fourth-order valence-corrected chi connectivity index (χ4v) is 8.35. The quantitative estimate of drug-likeness (QED) is 0.791. The van der Waals surface area contributed by atoms with Gasteiger partial charge >= 0.3 is 5.97 Å². The minimum atomic E-state index is -2.82. The molecule has 0 saturated heterocycles. The van der Waals surface area contributed by atoms with Crippen LogP contribution in [-0.2, 0) is 9.22 Å². The van der Waals surface area contributed by atoms with Crippen LogP contribution in [0.15, 0.2) is 60.7 Å². The molecule has 2 atom stereocenters. The Bertz CT molecular complexity index is 733. The molecule has 0 spiro atoms. The maximum Gasteiger partial charge on any atom is 0.309 e. The predicted molar refractivity (Wildman–Crippen MR) is 103 cm³/mol. The minimum Gasteiger partial charge on any atom is -0.481 e. The van der Waals surface area contributed by atoms with Crippen molar-refractivity contribution in [3.8, 4) is 0 Å². The van der Waals surface area contributed by atoms with E-state index in [9.17, 15) is 9.18 Å². The molecule has 5 heteroatoms. The van der Waals surface area contributed by atoms with Crippen LogP contribution in [0.4, 0.5) is 4.39 Å². The molecule has 0 amide bonds. The van der Waals surface area contributed by atoms with Gasteiger partial charge in [0.1, 0.15) is 5.67 Å². The molecule has 0 heterocycles. The summed E-state index contributed by atoms with van der Waals surface area (Å²) in [6.07, 6.45) is 0.0283. The Labute approximate surface area is 155 Å². The molecule has 1 N–H and O–H groups in total. The topological polar surface area (TPSA) is 46.5 Å². The number of carboxylic acids is 1. The molecule has 1 aliphatic carbocycles.